The van der Waals surface area contributed by atoms with Crippen LogP contribution in [-0.2, 0) is 4.79 Å². The number of aromatic nitrogens is 1. The van der Waals surface area contributed by atoms with Crippen LogP contribution in [0.1, 0.15) is 36.0 Å². The predicted molar refractivity (Wildman–Crippen MR) is 138 cm³/mol. The van der Waals surface area contributed by atoms with Crippen molar-refractivity contribution in [3.05, 3.63) is 72.4 Å². The third kappa shape index (κ3) is 4.18. The summed E-state index contributed by atoms with van der Waals surface area (Å²) < 4.78 is 10.8. The third-order valence-electron chi connectivity index (χ3n) is 7.60. The number of nitrogens with one attached hydrogen (secondary N) is 1. The number of rotatable bonds is 5. The van der Waals surface area contributed by atoms with Crippen molar-refractivity contribution in [2.24, 2.45) is 5.92 Å². The van der Waals surface area contributed by atoms with Gasteiger partial charge in [-0.05, 0) is 61.4 Å². The van der Waals surface area contributed by atoms with E-state index < -0.39 is 0 Å². The van der Waals surface area contributed by atoms with Gasteiger partial charge in [0.2, 0.25) is 5.91 Å². The van der Waals surface area contributed by atoms with Crippen molar-refractivity contribution < 1.29 is 24.0 Å². The van der Waals surface area contributed by atoms with Crippen LogP contribution >= 0.6 is 0 Å². The number of methoxy groups -OCH3 is 1. The molecule has 2 aliphatic heterocycles. The van der Waals surface area contributed by atoms with Gasteiger partial charge in [-0.15, -0.1) is 0 Å². The average Bonchev–Trinajstić information content (AvgIpc) is 3.54. The van der Waals surface area contributed by atoms with Gasteiger partial charge in [-0.1, -0.05) is 29.4 Å². The molecule has 0 saturated carbocycles. The van der Waals surface area contributed by atoms with Gasteiger partial charge in [-0.2, -0.15) is 0 Å². The minimum atomic E-state index is -0.175. The monoisotopic (exact) mass is 497 g/mol. The molecule has 2 atom stereocenters. The maximum Gasteiger partial charge on any atom is 0.258 e. The number of phenolic OH excluding ortho intramolecular Hbond substituents is 1. The lowest BCUT2D eigenvalue weighted by atomic mass is 9.89. The molecular formula is C29H27N3O5. The van der Waals surface area contributed by atoms with E-state index in [0.29, 0.717) is 41.0 Å². The second kappa shape index (κ2) is 9.28. The second-order valence-corrected chi connectivity index (χ2v) is 9.76. The van der Waals surface area contributed by atoms with Crippen molar-refractivity contribution in [2.75, 3.05) is 12.4 Å². The Kier molecular flexibility index (Phi) is 5.79. The van der Waals surface area contributed by atoms with Crippen LogP contribution in [0.2, 0.25) is 0 Å². The number of hydrogen-bond acceptors (Lipinski definition) is 6. The summed E-state index contributed by atoms with van der Waals surface area (Å²) in [5.41, 5.74) is 2.02. The number of carbonyl (C=O) groups excluding carboxylic acids is 2. The van der Waals surface area contributed by atoms with Gasteiger partial charge in [-0.25, -0.2) is 0 Å². The van der Waals surface area contributed by atoms with Gasteiger partial charge in [0.1, 0.15) is 11.5 Å². The summed E-state index contributed by atoms with van der Waals surface area (Å²) in [4.78, 5) is 28.9. The summed E-state index contributed by atoms with van der Waals surface area (Å²) in [6.45, 7) is 0. The van der Waals surface area contributed by atoms with E-state index >= 15 is 0 Å². The zero-order chi connectivity index (χ0) is 25.5. The molecule has 2 saturated heterocycles. The lowest BCUT2D eigenvalue weighted by Gasteiger charge is -2.38. The molecule has 3 aromatic carbocycles. The Hall–Kier alpha value is -4.33. The number of anilines is 1. The van der Waals surface area contributed by atoms with Gasteiger partial charge in [0.25, 0.3) is 5.91 Å². The summed E-state index contributed by atoms with van der Waals surface area (Å²) in [6, 6.07) is 18.0. The molecule has 0 radical (unpaired) electrons. The third-order valence-corrected chi connectivity index (χ3v) is 7.60. The van der Waals surface area contributed by atoms with Crippen LogP contribution in [0.3, 0.4) is 0 Å². The normalized spacial score (nSPS) is 20.7. The Morgan fingerprint density at radius 2 is 1.84 bits per heavy atom. The molecule has 2 fully saturated rings. The largest absolute Gasteiger partial charge is 0.507 e. The first kappa shape index (κ1) is 23.1. The number of carbonyl (C=O) groups is 2. The van der Waals surface area contributed by atoms with Crippen molar-refractivity contribution in [1.82, 2.24) is 10.1 Å². The van der Waals surface area contributed by atoms with Crippen LogP contribution in [-0.4, -0.2) is 46.2 Å². The molecule has 2 aliphatic rings. The summed E-state index contributed by atoms with van der Waals surface area (Å²) in [6.07, 6.45) is 4.57. The van der Waals surface area contributed by atoms with E-state index in [1.165, 1.54) is 7.11 Å². The van der Waals surface area contributed by atoms with Gasteiger partial charge in [0.15, 0.2) is 5.76 Å². The molecule has 1 aromatic heterocycles. The fourth-order valence-electron chi connectivity index (χ4n) is 5.85. The first-order valence-electron chi connectivity index (χ1n) is 12.5. The highest BCUT2D eigenvalue weighted by molar-refractivity contribution is 6.03. The Morgan fingerprint density at radius 3 is 2.57 bits per heavy atom. The number of piperidine rings is 1. The molecule has 188 valence electrons. The van der Waals surface area contributed by atoms with Crippen LogP contribution in [0.5, 0.6) is 11.5 Å². The Labute approximate surface area is 213 Å². The minimum absolute atomic E-state index is 0.00731. The van der Waals surface area contributed by atoms with Gasteiger partial charge in [0, 0.05) is 40.7 Å². The Balaban J connectivity index is 1.19. The van der Waals surface area contributed by atoms with Crippen LogP contribution in [0, 0.1) is 5.92 Å². The number of fused-ring (bicyclic) bond motifs is 3. The number of nitrogens with zero attached hydrogens (tertiary/aromatic N) is 2. The molecule has 2 N–H and O–H groups in total. The number of benzene rings is 3. The fourth-order valence-corrected chi connectivity index (χ4v) is 5.85. The summed E-state index contributed by atoms with van der Waals surface area (Å²) in [7, 11) is 1.53. The van der Waals surface area contributed by atoms with E-state index in [4.69, 9.17) is 9.26 Å². The van der Waals surface area contributed by atoms with E-state index in [0.717, 1.165) is 23.8 Å². The van der Waals surface area contributed by atoms with Crippen LogP contribution in [0.25, 0.3) is 22.1 Å². The lowest BCUT2D eigenvalue weighted by molar-refractivity contribution is -0.121. The maximum absolute atomic E-state index is 13.8. The number of aromatic hydroxyl groups is 1. The predicted octanol–water partition coefficient (Wildman–Crippen LogP) is 5.23. The zero-order valence-electron chi connectivity index (χ0n) is 20.4. The highest BCUT2D eigenvalue weighted by Crippen LogP contribution is 2.42. The average molecular weight is 498 g/mol. The number of hydrogen-bond donors (Lipinski definition) is 2. The molecule has 6 rings (SSSR count). The summed E-state index contributed by atoms with van der Waals surface area (Å²) >= 11 is 0. The van der Waals surface area contributed by atoms with Crippen molar-refractivity contribution in [2.45, 2.75) is 37.8 Å². The van der Waals surface area contributed by atoms with E-state index in [1.807, 2.05) is 35.2 Å². The van der Waals surface area contributed by atoms with Crippen LogP contribution in [0.4, 0.5) is 5.69 Å². The second-order valence-electron chi connectivity index (χ2n) is 9.76. The van der Waals surface area contributed by atoms with Crippen molar-refractivity contribution >= 4 is 28.3 Å². The quantitative estimate of drug-likeness (QED) is 0.391. The van der Waals surface area contributed by atoms with Crippen LogP contribution in [0.15, 0.2) is 71.4 Å². The summed E-state index contributed by atoms with van der Waals surface area (Å²) in [5.74, 6) is 0.926. The number of ether oxygens (including phenoxy) is 1. The maximum atomic E-state index is 13.8. The first-order chi connectivity index (χ1) is 18.0. The van der Waals surface area contributed by atoms with E-state index in [2.05, 4.69) is 10.5 Å². The molecule has 2 amide bonds. The summed E-state index contributed by atoms with van der Waals surface area (Å²) in [5, 5.41) is 18.4. The molecule has 37 heavy (non-hydrogen) atoms. The highest BCUT2D eigenvalue weighted by Gasteiger charge is 2.45. The van der Waals surface area contributed by atoms with E-state index in [-0.39, 0.29) is 35.6 Å². The molecule has 4 aromatic rings. The minimum Gasteiger partial charge on any atom is -0.507 e. The SMILES string of the molecule is COc1cc2c(O)cccc2cc1C(=O)N1C2CCC1CC(C(=O)Nc1cccc(-c3ccno3)c1)C2. The van der Waals surface area contributed by atoms with E-state index in [1.54, 1.807) is 36.5 Å². The highest BCUT2D eigenvalue weighted by atomic mass is 16.5. The van der Waals surface area contributed by atoms with Crippen molar-refractivity contribution in [3.8, 4) is 22.8 Å². The molecular weight excluding hydrogens is 470 g/mol. The van der Waals surface area contributed by atoms with Gasteiger partial charge in [0.05, 0.1) is 18.9 Å². The van der Waals surface area contributed by atoms with E-state index in [9.17, 15) is 14.7 Å². The lowest BCUT2D eigenvalue weighted by Crippen LogP contribution is -2.48. The molecule has 2 unspecified atom stereocenters. The van der Waals surface area contributed by atoms with Crippen molar-refractivity contribution in [1.29, 1.82) is 0 Å². The molecule has 8 nitrogen and oxygen atoms in total. The molecule has 0 spiro atoms. The Bertz CT molecular complexity index is 1470. The van der Waals surface area contributed by atoms with Gasteiger partial charge < -0.3 is 24.6 Å². The molecule has 8 heteroatoms. The van der Waals surface area contributed by atoms with Gasteiger partial charge in [-0.3, -0.25) is 9.59 Å². The topological polar surface area (TPSA) is 105 Å². The number of phenols is 1. The molecule has 3 heterocycles. The van der Waals surface area contributed by atoms with Crippen LogP contribution < -0.4 is 10.1 Å². The smallest absolute Gasteiger partial charge is 0.258 e. The standard InChI is InChI=1S/C29H27N3O5/c1-36-27-16-23-17(4-3-7-25(23)33)15-24(27)29(35)32-21-8-9-22(32)14-19(13-21)28(34)31-20-6-2-5-18(12-20)26-10-11-30-37-26/h2-7,10-12,15-16,19,21-22,33H,8-9,13-14H2,1H3,(H,31,34). The molecule has 0 aliphatic carbocycles. The van der Waals surface area contributed by atoms with Gasteiger partial charge >= 0.3 is 0 Å². The zero-order valence-corrected chi connectivity index (χ0v) is 20.4. The molecule has 2 bridgehead atoms. The first-order valence-corrected chi connectivity index (χ1v) is 12.5. The number of amides is 2. The Morgan fingerprint density at radius 1 is 1.05 bits per heavy atom. The van der Waals surface area contributed by atoms with Crippen molar-refractivity contribution in [3.63, 3.8) is 0 Å². The fraction of sp³-hybridized carbons (Fsp3) is 0.276.